The van der Waals surface area contributed by atoms with Crippen LogP contribution in [0.3, 0.4) is 0 Å². The van der Waals surface area contributed by atoms with E-state index in [9.17, 15) is 14.4 Å². The van der Waals surface area contributed by atoms with Crippen molar-refractivity contribution < 1.29 is 14.0 Å². The summed E-state index contributed by atoms with van der Waals surface area (Å²) in [7, 11) is 0. The van der Waals surface area contributed by atoms with Crippen molar-refractivity contribution >= 4 is 56.4 Å². The molecule has 0 atom stereocenters. The van der Waals surface area contributed by atoms with Gasteiger partial charge in [-0.2, -0.15) is 9.78 Å². The molecule has 0 aliphatic rings. The maximum absolute atomic E-state index is 13.3. The molecule has 182 valence electrons. The average Bonchev–Trinajstić information content (AvgIpc) is 3.54. The molecule has 0 fully saturated rings. The van der Waals surface area contributed by atoms with Crippen LogP contribution < -0.4 is 10.9 Å². The molecule has 0 aromatic carbocycles. The summed E-state index contributed by atoms with van der Waals surface area (Å²) in [4.78, 5) is 43.7. The standard InChI is InChI=1S/C23H21BrClN5O4S/c1-23(2,3)22(33)30-19(27-10-14-4-5-18(25)35-14)9-16(28-30)15-8-13(24)11-29(21(15)32)12-17(31)20-26-6-7-34-20/h4-9,11,27H,10,12H2,1-3H3. The number of pyridine rings is 1. The number of halogens is 2. The van der Waals surface area contributed by atoms with Crippen LogP contribution in [-0.4, -0.2) is 31.0 Å². The number of rotatable bonds is 7. The van der Waals surface area contributed by atoms with Crippen LogP contribution in [0.25, 0.3) is 11.3 Å². The number of nitrogens with zero attached hydrogens (tertiary/aromatic N) is 4. The molecular formula is C23H21BrClN5O4S. The number of carbonyl (C=O) groups is 2. The van der Waals surface area contributed by atoms with Gasteiger partial charge in [0.15, 0.2) is 0 Å². The van der Waals surface area contributed by atoms with Crippen LogP contribution in [0.15, 0.2) is 56.6 Å². The van der Waals surface area contributed by atoms with Crippen LogP contribution >= 0.6 is 38.9 Å². The highest BCUT2D eigenvalue weighted by molar-refractivity contribution is 9.10. The van der Waals surface area contributed by atoms with Gasteiger partial charge in [-0.15, -0.1) is 11.3 Å². The van der Waals surface area contributed by atoms with Crippen molar-refractivity contribution in [2.24, 2.45) is 5.41 Å². The molecule has 1 N–H and O–H groups in total. The summed E-state index contributed by atoms with van der Waals surface area (Å²) in [6.45, 7) is 5.53. The van der Waals surface area contributed by atoms with E-state index >= 15 is 0 Å². The molecule has 4 aromatic rings. The van der Waals surface area contributed by atoms with Gasteiger partial charge in [-0.05, 0) is 34.1 Å². The second kappa shape index (κ2) is 9.92. The van der Waals surface area contributed by atoms with Crippen molar-refractivity contribution in [3.05, 3.63) is 72.9 Å². The molecule has 0 bridgehead atoms. The van der Waals surface area contributed by atoms with Gasteiger partial charge in [0.2, 0.25) is 5.78 Å². The van der Waals surface area contributed by atoms with Gasteiger partial charge in [-0.3, -0.25) is 14.4 Å². The van der Waals surface area contributed by atoms with Gasteiger partial charge in [0.05, 0.1) is 29.2 Å². The quantitative estimate of drug-likeness (QED) is 0.294. The highest BCUT2D eigenvalue weighted by Crippen LogP contribution is 2.27. The largest absolute Gasteiger partial charge is 0.442 e. The van der Waals surface area contributed by atoms with Gasteiger partial charge >= 0.3 is 0 Å². The molecule has 0 unspecified atom stereocenters. The molecule has 0 amide bonds. The topological polar surface area (TPSA) is 112 Å². The van der Waals surface area contributed by atoms with Gasteiger partial charge in [-0.25, -0.2) is 4.98 Å². The number of aromatic nitrogens is 4. The first kappa shape index (κ1) is 25.1. The summed E-state index contributed by atoms with van der Waals surface area (Å²) in [6, 6.07) is 6.94. The van der Waals surface area contributed by atoms with Gasteiger partial charge in [-0.1, -0.05) is 32.4 Å². The third kappa shape index (κ3) is 5.63. The molecule has 0 saturated carbocycles. The van der Waals surface area contributed by atoms with Crippen molar-refractivity contribution in [2.45, 2.75) is 33.9 Å². The second-order valence-corrected chi connectivity index (χ2v) is 11.4. The molecule has 0 aliphatic carbocycles. The predicted octanol–water partition coefficient (Wildman–Crippen LogP) is 5.36. The lowest BCUT2D eigenvalue weighted by Gasteiger charge is -2.18. The number of ketones is 1. The average molecular weight is 579 g/mol. The van der Waals surface area contributed by atoms with Gasteiger partial charge in [0.1, 0.15) is 17.8 Å². The van der Waals surface area contributed by atoms with Crippen molar-refractivity contribution in [1.29, 1.82) is 0 Å². The molecule has 4 rings (SSSR count). The van der Waals surface area contributed by atoms with Crippen LogP contribution in [0, 0.1) is 5.41 Å². The lowest BCUT2D eigenvalue weighted by molar-refractivity contribution is 0.0752. The fourth-order valence-corrected chi connectivity index (χ4v) is 4.72. The summed E-state index contributed by atoms with van der Waals surface area (Å²) in [5.41, 5.74) is -0.649. The van der Waals surface area contributed by atoms with E-state index < -0.39 is 16.8 Å². The lowest BCUT2D eigenvalue weighted by Crippen LogP contribution is -2.29. The fourth-order valence-electron chi connectivity index (χ4n) is 3.22. The van der Waals surface area contributed by atoms with Crippen molar-refractivity contribution in [1.82, 2.24) is 19.3 Å². The third-order valence-corrected chi connectivity index (χ3v) is 6.59. The Labute approximate surface area is 217 Å². The maximum atomic E-state index is 13.3. The number of carbonyl (C=O) groups excluding carboxylic acids is 2. The maximum Gasteiger partial charge on any atom is 0.264 e. The van der Waals surface area contributed by atoms with Gasteiger partial charge < -0.3 is 14.3 Å². The zero-order chi connectivity index (χ0) is 25.3. The molecule has 4 aromatic heterocycles. The van der Waals surface area contributed by atoms with Crippen LogP contribution in [0.2, 0.25) is 4.34 Å². The SMILES string of the molecule is CC(C)(C)C(=O)n1nc(-c2cc(Br)cn(CC(=O)c3ncco3)c2=O)cc1NCc1ccc(Cl)s1. The van der Waals surface area contributed by atoms with Crippen LogP contribution in [0.4, 0.5) is 5.82 Å². The Kier molecular flexibility index (Phi) is 7.11. The van der Waals surface area contributed by atoms with Crippen molar-refractivity contribution in [2.75, 3.05) is 5.32 Å². The van der Waals surface area contributed by atoms with E-state index in [1.807, 2.05) is 6.07 Å². The molecule has 0 radical (unpaired) electrons. The Morgan fingerprint density at radius 2 is 2.03 bits per heavy atom. The van der Waals surface area contributed by atoms with E-state index in [-0.39, 0.29) is 29.6 Å². The summed E-state index contributed by atoms with van der Waals surface area (Å²) < 4.78 is 8.78. The zero-order valence-corrected chi connectivity index (χ0v) is 22.2. The molecule has 9 nitrogen and oxygen atoms in total. The van der Waals surface area contributed by atoms with Crippen LogP contribution in [-0.2, 0) is 13.1 Å². The monoisotopic (exact) mass is 577 g/mol. The Balaban J connectivity index is 1.72. The molecule has 0 saturated heterocycles. The van der Waals surface area contributed by atoms with E-state index in [2.05, 4.69) is 31.3 Å². The number of hydrogen-bond donors (Lipinski definition) is 1. The first-order valence-corrected chi connectivity index (χ1v) is 12.5. The highest BCUT2D eigenvalue weighted by atomic mass is 79.9. The zero-order valence-electron chi connectivity index (χ0n) is 19.0. The minimum atomic E-state index is -0.716. The van der Waals surface area contributed by atoms with E-state index in [1.165, 1.54) is 39.2 Å². The van der Waals surface area contributed by atoms with E-state index in [4.69, 9.17) is 16.0 Å². The molecule has 4 heterocycles. The number of Topliss-reactive ketones (excluding diaryl/α,β-unsaturated/α-hetero) is 1. The number of oxazole rings is 1. The van der Waals surface area contributed by atoms with Gasteiger partial charge in [0, 0.05) is 27.0 Å². The summed E-state index contributed by atoms with van der Waals surface area (Å²) >= 11 is 10.8. The van der Waals surface area contributed by atoms with Crippen LogP contribution in [0.1, 0.15) is 41.1 Å². The third-order valence-electron chi connectivity index (χ3n) is 4.93. The fraction of sp³-hybridized carbons (Fsp3) is 0.261. The number of anilines is 1. The second-order valence-electron chi connectivity index (χ2n) is 8.71. The lowest BCUT2D eigenvalue weighted by atomic mass is 9.96. The minimum absolute atomic E-state index is 0.0846. The summed E-state index contributed by atoms with van der Waals surface area (Å²) in [5.74, 6) is -0.346. The Hall–Kier alpha value is -3.02. The predicted molar refractivity (Wildman–Crippen MR) is 137 cm³/mol. The molecule has 0 spiro atoms. The minimum Gasteiger partial charge on any atom is -0.442 e. The van der Waals surface area contributed by atoms with Crippen molar-refractivity contribution in [3.8, 4) is 11.3 Å². The summed E-state index contributed by atoms with van der Waals surface area (Å²) in [5, 5.41) is 7.69. The summed E-state index contributed by atoms with van der Waals surface area (Å²) in [6.07, 6.45) is 4.16. The van der Waals surface area contributed by atoms with Crippen molar-refractivity contribution in [3.63, 3.8) is 0 Å². The first-order valence-electron chi connectivity index (χ1n) is 10.5. The van der Waals surface area contributed by atoms with E-state index in [0.29, 0.717) is 21.2 Å². The number of thiophene rings is 1. The Bertz CT molecular complexity index is 1450. The smallest absolute Gasteiger partial charge is 0.264 e. The molecule has 12 heteroatoms. The highest BCUT2D eigenvalue weighted by Gasteiger charge is 2.28. The number of hydrogen-bond acceptors (Lipinski definition) is 8. The first-order chi connectivity index (χ1) is 16.5. The molecular weight excluding hydrogens is 558 g/mol. The van der Waals surface area contributed by atoms with E-state index in [1.54, 1.807) is 39.0 Å². The Morgan fingerprint density at radius 1 is 1.26 bits per heavy atom. The van der Waals surface area contributed by atoms with Crippen LogP contribution in [0.5, 0.6) is 0 Å². The van der Waals surface area contributed by atoms with Gasteiger partial charge in [0.25, 0.3) is 17.4 Å². The van der Waals surface area contributed by atoms with E-state index in [0.717, 1.165) is 4.88 Å². The normalized spacial score (nSPS) is 11.6. The Morgan fingerprint density at radius 3 is 2.66 bits per heavy atom. The molecule has 0 aliphatic heterocycles. The molecule has 35 heavy (non-hydrogen) atoms. The number of nitrogens with one attached hydrogen (secondary N) is 1.